The van der Waals surface area contributed by atoms with Crippen molar-refractivity contribution in [3.63, 3.8) is 0 Å². The van der Waals surface area contributed by atoms with E-state index in [-0.39, 0.29) is 0 Å². The number of benzene rings is 1. The van der Waals surface area contributed by atoms with Crippen LogP contribution in [0.5, 0.6) is 0 Å². The minimum absolute atomic E-state index is 0.896. The number of nitrogens with zero attached hydrogens (tertiary/aromatic N) is 6. The van der Waals surface area contributed by atoms with Crippen LogP contribution in [0.1, 0.15) is 33.4 Å². The number of thioether (sulfide) groups is 6. The predicted molar refractivity (Wildman–Crippen MR) is 250 cm³/mol. The molecule has 0 bridgehead atoms. The molecule has 0 saturated carbocycles. The zero-order chi connectivity index (χ0) is 41.8. The lowest BCUT2D eigenvalue weighted by molar-refractivity contribution is -0.671. The molecule has 7 rings (SSSR count). The second kappa shape index (κ2) is 21.8. The van der Waals surface area contributed by atoms with Gasteiger partial charge in [-0.3, -0.25) is 0 Å². The minimum atomic E-state index is 0.896. The van der Waals surface area contributed by atoms with E-state index in [1.165, 1.54) is 62.8 Å². The smallest absolute Gasteiger partial charge is 0.169 e. The van der Waals surface area contributed by atoms with Crippen LogP contribution in [0.15, 0.2) is 177 Å². The van der Waals surface area contributed by atoms with Gasteiger partial charge in [0.15, 0.2) is 74.4 Å². The second-order valence-corrected chi connectivity index (χ2v) is 21.1. The number of hydrogen-bond donors (Lipinski definition) is 0. The molecule has 0 aliphatic rings. The van der Waals surface area contributed by atoms with Gasteiger partial charge in [-0.15, -0.1) is 70.6 Å². The Balaban J connectivity index is 1.43. The molecule has 12 heteroatoms. The van der Waals surface area contributed by atoms with Gasteiger partial charge >= 0.3 is 0 Å². The number of aryl methyl sites for hydroxylation is 6. The minimum Gasteiger partial charge on any atom is -0.208 e. The van der Waals surface area contributed by atoms with Gasteiger partial charge in [-0.05, 0) is 33.4 Å². The van der Waals surface area contributed by atoms with Crippen molar-refractivity contribution in [1.82, 2.24) is 0 Å². The van der Waals surface area contributed by atoms with E-state index in [9.17, 15) is 0 Å². The molecule has 0 N–H and O–H groups in total. The normalized spacial score (nSPS) is 11.3. The largest absolute Gasteiger partial charge is 0.208 e. The molecule has 0 unspecified atom stereocenters. The lowest BCUT2D eigenvalue weighted by Crippen LogP contribution is -2.25. The van der Waals surface area contributed by atoms with Crippen molar-refractivity contribution < 1.29 is 27.4 Å². The Hall–Kier alpha value is -3.78. The Morgan fingerprint density at radius 1 is 0.233 bits per heavy atom. The third kappa shape index (κ3) is 12.6. The van der Waals surface area contributed by atoms with Gasteiger partial charge in [0.25, 0.3) is 0 Å². The molecule has 7 aromatic rings. The average Bonchev–Trinajstić information content (AvgIpc) is 3.26. The highest BCUT2D eigenvalue weighted by atomic mass is 32.2. The van der Waals surface area contributed by atoms with Crippen LogP contribution in [0.25, 0.3) is 0 Å². The van der Waals surface area contributed by atoms with Crippen molar-refractivity contribution in [1.29, 1.82) is 0 Å². The quantitative estimate of drug-likeness (QED) is 0.0634. The summed E-state index contributed by atoms with van der Waals surface area (Å²) < 4.78 is 12.7. The maximum Gasteiger partial charge on any atom is 0.169 e. The highest BCUT2D eigenvalue weighted by Gasteiger charge is 2.26. The summed E-state index contributed by atoms with van der Waals surface area (Å²) in [5, 5.41) is 0. The van der Waals surface area contributed by atoms with Gasteiger partial charge in [0, 0.05) is 137 Å². The molecule has 0 atom stereocenters. The maximum absolute atomic E-state index is 2.25. The Kier molecular flexibility index (Phi) is 16.1. The Labute approximate surface area is 381 Å². The summed E-state index contributed by atoms with van der Waals surface area (Å²) in [6.07, 6.45) is 25.9. The lowest BCUT2D eigenvalue weighted by Gasteiger charge is -2.27. The molecule has 6 aromatic heterocycles. The Bertz CT molecular complexity index is 1990. The fourth-order valence-electron chi connectivity index (χ4n) is 6.57. The molecule has 6 nitrogen and oxygen atoms in total. The Morgan fingerprint density at radius 3 is 0.467 bits per heavy atom. The predicted octanol–water partition coefficient (Wildman–Crippen LogP) is 8.39. The highest BCUT2D eigenvalue weighted by molar-refractivity contribution is 8.00. The molecule has 0 aliphatic heterocycles. The molecule has 0 spiro atoms. The van der Waals surface area contributed by atoms with Crippen molar-refractivity contribution >= 4 is 70.6 Å². The summed E-state index contributed by atoms with van der Waals surface area (Å²) >= 11 is 11.8. The van der Waals surface area contributed by atoms with E-state index in [4.69, 9.17) is 0 Å². The summed E-state index contributed by atoms with van der Waals surface area (Å²) in [7, 11) is 12.5. The first-order valence-corrected chi connectivity index (χ1v) is 25.7. The first-order valence-electron chi connectivity index (χ1n) is 19.8. The standard InChI is InChI=1S/C48H54N6S6/c1-49-19-7-37(8-20-49)55-31-43-44(32-56-38-9-21-50(2)22-10-38)46(34-58-40-13-25-52(4)26-14-40)48(36-60-42-17-29-54(6)30-18-42)47(35-59-41-15-27-53(5)28-16-41)45(43)33-57-39-11-23-51(3)24-12-39/h7-30H,31-36H2,1-6H3/q+6. The van der Waals surface area contributed by atoms with E-state index in [2.05, 4.69) is 217 Å². The van der Waals surface area contributed by atoms with Crippen LogP contribution >= 0.6 is 70.6 Å². The molecule has 0 aliphatic carbocycles. The molecule has 0 amide bonds. The van der Waals surface area contributed by atoms with Crippen LogP contribution in [-0.4, -0.2) is 0 Å². The first kappa shape index (κ1) is 44.3. The van der Waals surface area contributed by atoms with Crippen molar-refractivity contribution in [3.05, 3.63) is 181 Å². The van der Waals surface area contributed by atoms with Gasteiger partial charge in [0.2, 0.25) is 0 Å². The summed E-state index contributed by atoms with van der Waals surface area (Å²) in [5.41, 5.74) is 8.93. The van der Waals surface area contributed by atoms with Crippen LogP contribution in [0.3, 0.4) is 0 Å². The fourth-order valence-corrected chi connectivity index (χ4v) is 12.4. The molecule has 60 heavy (non-hydrogen) atoms. The van der Waals surface area contributed by atoms with Gasteiger partial charge in [-0.25, -0.2) is 27.4 Å². The van der Waals surface area contributed by atoms with Crippen LogP contribution in [0.4, 0.5) is 0 Å². The van der Waals surface area contributed by atoms with Gasteiger partial charge in [0.1, 0.15) is 42.3 Å². The maximum atomic E-state index is 2.25. The lowest BCUT2D eigenvalue weighted by atomic mass is 9.90. The molecule has 0 fully saturated rings. The van der Waals surface area contributed by atoms with Crippen molar-refractivity contribution in [2.24, 2.45) is 42.3 Å². The van der Waals surface area contributed by atoms with Crippen LogP contribution in [0.2, 0.25) is 0 Å². The van der Waals surface area contributed by atoms with E-state index < -0.39 is 0 Å². The van der Waals surface area contributed by atoms with E-state index >= 15 is 0 Å². The molecule has 1 aromatic carbocycles. The van der Waals surface area contributed by atoms with Gasteiger partial charge in [-0.1, -0.05) is 0 Å². The second-order valence-electron chi connectivity index (χ2n) is 14.8. The van der Waals surface area contributed by atoms with E-state index in [0.717, 1.165) is 34.5 Å². The molecular formula is C48H54N6S6+6. The Morgan fingerprint density at radius 2 is 0.350 bits per heavy atom. The van der Waals surface area contributed by atoms with E-state index in [1.54, 1.807) is 0 Å². The molecular weight excluding hydrogens is 853 g/mol. The van der Waals surface area contributed by atoms with Crippen LogP contribution < -0.4 is 27.4 Å². The molecule has 6 heterocycles. The average molecular weight is 907 g/mol. The van der Waals surface area contributed by atoms with Gasteiger partial charge < -0.3 is 0 Å². The number of rotatable bonds is 18. The fraction of sp³-hybridized carbons (Fsp3) is 0.250. The first-order chi connectivity index (χ1) is 29.2. The van der Waals surface area contributed by atoms with Crippen LogP contribution in [0, 0.1) is 0 Å². The van der Waals surface area contributed by atoms with Crippen molar-refractivity contribution in [3.8, 4) is 0 Å². The molecule has 0 saturated heterocycles. The van der Waals surface area contributed by atoms with E-state index in [1.807, 2.05) is 70.6 Å². The third-order valence-corrected chi connectivity index (χ3v) is 16.4. The van der Waals surface area contributed by atoms with Crippen LogP contribution in [-0.2, 0) is 76.8 Å². The third-order valence-electron chi connectivity index (χ3n) is 10.2. The zero-order valence-corrected chi connectivity index (χ0v) is 40.1. The monoisotopic (exact) mass is 906 g/mol. The zero-order valence-electron chi connectivity index (χ0n) is 35.2. The molecule has 306 valence electrons. The summed E-state index contributed by atoms with van der Waals surface area (Å²) in [4.78, 5) is 7.72. The molecule has 0 radical (unpaired) electrons. The number of hydrogen-bond acceptors (Lipinski definition) is 6. The van der Waals surface area contributed by atoms with E-state index in [0.29, 0.717) is 0 Å². The van der Waals surface area contributed by atoms with Crippen molar-refractivity contribution in [2.75, 3.05) is 0 Å². The summed E-state index contributed by atoms with van der Waals surface area (Å²) in [6.45, 7) is 0. The summed E-state index contributed by atoms with van der Waals surface area (Å²) in [6, 6.07) is 27.1. The van der Waals surface area contributed by atoms with Gasteiger partial charge in [0.05, 0.1) is 0 Å². The highest BCUT2D eigenvalue weighted by Crippen LogP contribution is 2.44. The number of pyridine rings is 6. The topological polar surface area (TPSA) is 23.3 Å². The van der Waals surface area contributed by atoms with Gasteiger partial charge in [-0.2, -0.15) is 0 Å². The summed E-state index contributed by atoms with van der Waals surface area (Å²) in [5.74, 6) is 5.38. The van der Waals surface area contributed by atoms with Crippen molar-refractivity contribution in [2.45, 2.75) is 63.9 Å². The number of aromatic nitrogens is 6. The SMILES string of the molecule is C[n+]1ccc(SCc2c(CSc3cc[n+](C)cc3)c(CSc3cc[n+](C)cc3)c(CSc3cc[n+](C)cc3)c(CSc3cc[n+](C)cc3)c2CSc2cc[n+](C)cc2)cc1.